The molecule has 13 heteroatoms. The van der Waals surface area contributed by atoms with Crippen LogP contribution in [0.3, 0.4) is 0 Å². The van der Waals surface area contributed by atoms with Gasteiger partial charge < -0.3 is 14.4 Å². The van der Waals surface area contributed by atoms with E-state index in [0.717, 1.165) is 25.1 Å². The molecule has 200 valence electrons. The molecule has 3 aromatic rings. The number of methoxy groups -OCH3 is 1. The molecule has 0 aliphatic carbocycles. The van der Waals surface area contributed by atoms with E-state index in [4.69, 9.17) is 9.47 Å². The summed E-state index contributed by atoms with van der Waals surface area (Å²) in [4.78, 5) is 15.0. The minimum Gasteiger partial charge on any atom is -0.494 e. The molecule has 1 aliphatic heterocycles. The summed E-state index contributed by atoms with van der Waals surface area (Å²) in [5, 5.41) is 16.5. The van der Waals surface area contributed by atoms with E-state index in [1.165, 1.54) is 30.2 Å². The molecule has 0 radical (unpaired) electrons. The third kappa shape index (κ3) is 5.11. The number of aromatic nitrogens is 2. The number of nitrogens with one attached hydrogen (secondary N) is 1. The lowest BCUT2D eigenvalue weighted by molar-refractivity contribution is -0.189. The van der Waals surface area contributed by atoms with Crippen molar-refractivity contribution in [3.05, 3.63) is 64.3 Å². The van der Waals surface area contributed by atoms with E-state index in [1.54, 1.807) is 0 Å². The van der Waals surface area contributed by atoms with Crippen molar-refractivity contribution in [2.45, 2.75) is 38.3 Å². The average molecular weight is 538 g/mol. The maximum Gasteiger partial charge on any atom is 0.425 e. The van der Waals surface area contributed by atoms with E-state index in [2.05, 4.69) is 10.2 Å². The fraction of sp³-hybridized carbons (Fsp3) is 0.320. The molecule has 0 bridgehead atoms. The number of nitriles is 1. The van der Waals surface area contributed by atoms with Crippen LogP contribution >= 0.6 is 0 Å². The molecule has 38 heavy (non-hydrogen) atoms. The van der Waals surface area contributed by atoms with Crippen molar-refractivity contribution < 1.29 is 40.6 Å². The van der Waals surface area contributed by atoms with E-state index < -0.39 is 35.7 Å². The summed E-state index contributed by atoms with van der Waals surface area (Å²) in [6.45, 7) is 0.887. The second kappa shape index (κ2) is 9.92. The lowest BCUT2D eigenvalue weighted by atomic mass is 9.99. The maximum atomic E-state index is 13.7. The number of ether oxygens (including phenoxy) is 2. The number of carbonyl (C=O) groups is 1. The Labute approximate surface area is 212 Å². The van der Waals surface area contributed by atoms with E-state index in [-0.39, 0.29) is 30.0 Å². The van der Waals surface area contributed by atoms with Crippen LogP contribution in [0.2, 0.25) is 0 Å². The van der Waals surface area contributed by atoms with Gasteiger partial charge in [-0.05, 0) is 31.2 Å². The molecule has 0 saturated heterocycles. The summed E-state index contributed by atoms with van der Waals surface area (Å²) in [7, 11) is 1.18. The third-order valence-corrected chi connectivity index (χ3v) is 6.13. The topological polar surface area (TPSA) is 91.2 Å². The maximum absolute atomic E-state index is 13.7. The third-order valence-electron chi connectivity index (χ3n) is 6.13. The van der Waals surface area contributed by atoms with Crippen LogP contribution in [0, 0.1) is 11.3 Å². The highest BCUT2D eigenvalue weighted by atomic mass is 19.4. The van der Waals surface area contributed by atoms with E-state index >= 15 is 0 Å². The van der Waals surface area contributed by atoms with Gasteiger partial charge in [0.25, 0.3) is 5.91 Å². The molecule has 0 saturated carbocycles. The van der Waals surface area contributed by atoms with Gasteiger partial charge in [-0.3, -0.25) is 9.89 Å². The van der Waals surface area contributed by atoms with Crippen LogP contribution < -0.4 is 9.47 Å². The van der Waals surface area contributed by atoms with Crippen LogP contribution in [0.4, 0.5) is 26.3 Å². The van der Waals surface area contributed by atoms with E-state index in [9.17, 15) is 36.4 Å². The first-order valence-corrected chi connectivity index (χ1v) is 11.2. The summed E-state index contributed by atoms with van der Waals surface area (Å²) >= 11 is 0. The van der Waals surface area contributed by atoms with Crippen LogP contribution in [0.5, 0.6) is 11.5 Å². The molecule has 1 amide bonds. The second-order valence-corrected chi connectivity index (χ2v) is 8.51. The van der Waals surface area contributed by atoms with Crippen LogP contribution in [0.1, 0.15) is 39.7 Å². The van der Waals surface area contributed by atoms with Gasteiger partial charge in [-0.15, -0.1) is 0 Å². The van der Waals surface area contributed by atoms with Crippen molar-refractivity contribution >= 4 is 5.91 Å². The van der Waals surface area contributed by atoms with Crippen molar-refractivity contribution in [1.29, 1.82) is 5.26 Å². The smallest absolute Gasteiger partial charge is 0.425 e. The van der Waals surface area contributed by atoms with Gasteiger partial charge in [0, 0.05) is 36.3 Å². The van der Waals surface area contributed by atoms with Gasteiger partial charge in [-0.25, -0.2) is 0 Å². The Morgan fingerprint density at radius 1 is 1.13 bits per heavy atom. The number of aromatic amines is 1. The summed E-state index contributed by atoms with van der Waals surface area (Å²) < 4.78 is 88.8. The average Bonchev–Trinajstić information content (AvgIpc) is 3.30. The van der Waals surface area contributed by atoms with Crippen molar-refractivity contribution in [1.82, 2.24) is 15.1 Å². The number of fused-ring (bicyclic) bond motifs is 1. The highest BCUT2D eigenvalue weighted by Gasteiger charge is 2.40. The highest BCUT2D eigenvalue weighted by Crippen LogP contribution is 2.38. The zero-order chi connectivity index (χ0) is 27.8. The number of amides is 1. The van der Waals surface area contributed by atoms with Crippen LogP contribution in [-0.4, -0.2) is 46.9 Å². The fourth-order valence-corrected chi connectivity index (χ4v) is 4.11. The molecular formula is C25H20F6N4O3. The Morgan fingerprint density at radius 3 is 2.39 bits per heavy atom. The molecule has 7 nitrogen and oxygen atoms in total. The number of rotatable bonds is 5. The Balaban J connectivity index is 1.69. The minimum atomic E-state index is -4.71. The summed E-state index contributed by atoms with van der Waals surface area (Å²) in [6, 6.07) is 8.53. The van der Waals surface area contributed by atoms with E-state index in [1.807, 2.05) is 6.07 Å². The molecule has 0 fully saturated rings. The predicted molar refractivity (Wildman–Crippen MR) is 121 cm³/mol. The van der Waals surface area contributed by atoms with Crippen molar-refractivity contribution in [3.63, 3.8) is 0 Å². The standard InChI is InChI=1S/C25H20F6N4O3/c1-13(24(26,27)28)38-19-8-5-15(11-32)22(37-2)20(19)23(36)35-10-9-18-17(12-35)21(34-33-18)14-3-6-16(7-4-14)25(29,30)31/h3-8,13H,9-10,12H2,1-2H3,(H,33,34)/t13-/m0/s1. The number of carbonyl (C=O) groups excluding carboxylic acids is 1. The summed E-state index contributed by atoms with van der Waals surface area (Å²) in [6.07, 6.45) is -11.2. The number of benzene rings is 2. The van der Waals surface area contributed by atoms with Gasteiger partial charge in [0.2, 0.25) is 0 Å². The molecule has 4 rings (SSSR count). The highest BCUT2D eigenvalue weighted by molar-refractivity contribution is 6.00. The zero-order valence-corrected chi connectivity index (χ0v) is 20.0. The van der Waals surface area contributed by atoms with Gasteiger partial charge >= 0.3 is 12.4 Å². The van der Waals surface area contributed by atoms with Gasteiger partial charge in [-0.2, -0.15) is 36.7 Å². The molecule has 2 aromatic carbocycles. The number of alkyl halides is 6. The number of hydrogen-bond acceptors (Lipinski definition) is 5. The van der Waals surface area contributed by atoms with Crippen molar-refractivity contribution in [2.75, 3.05) is 13.7 Å². The molecule has 2 heterocycles. The molecule has 0 spiro atoms. The lowest BCUT2D eigenvalue weighted by Crippen LogP contribution is -2.37. The molecular weight excluding hydrogens is 518 g/mol. The van der Waals surface area contributed by atoms with Crippen LogP contribution in [0.25, 0.3) is 11.3 Å². The molecule has 0 unspecified atom stereocenters. The first-order chi connectivity index (χ1) is 17.8. The molecule has 1 aromatic heterocycles. The van der Waals surface area contributed by atoms with Gasteiger partial charge in [-0.1, -0.05) is 12.1 Å². The molecule has 1 atom stereocenters. The van der Waals surface area contributed by atoms with Crippen LogP contribution in [-0.2, 0) is 19.1 Å². The van der Waals surface area contributed by atoms with E-state index in [0.29, 0.717) is 28.9 Å². The van der Waals surface area contributed by atoms with Gasteiger partial charge in [0.1, 0.15) is 17.4 Å². The largest absolute Gasteiger partial charge is 0.494 e. The van der Waals surface area contributed by atoms with Gasteiger partial charge in [0.15, 0.2) is 11.9 Å². The zero-order valence-electron chi connectivity index (χ0n) is 20.0. The van der Waals surface area contributed by atoms with Crippen LogP contribution in [0.15, 0.2) is 36.4 Å². The number of halogens is 6. The first-order valence-electron chi connectivity index (χ1n) is 11.2. The second-order valence-electron chi connectivity index (χ2n) is 8.51. The number of H-pyrrole nitrogens is 1. The quantitative estimate of drug-likeness (QED) is 0.433. The normalized spacial score (nSPS) is 14.4. The first kappa shape index (κ1) is 26.8. The Kier molecular flexibility index (Phi) is 7.01. The SMILES string of the molecule is COc1c(C#N)ccc(O[C@@H](C)C(F)(F)F)c1C(=O)N1CCc2[nH]nc(-c3ccc(C(F)(F)F)cc3)c2C1. The molecule has 1 N–H and O–H groups in total. The fourth-order valence-electron chi connectivity index (χ4n) is 4.11. The summed E-state index contributed by atoms with van der Waals surface area (Å²) in [5.74, 6) is -1.38. The summed E-state index contributed by atoms with van der Waals surface area (Å²) in [5.41, 5.74) is 0.699. The monoisotopic (exact) mass is 538 g/mol. The van der Waals surface area contributed by atoms with Gasteiger partial charge in [0.05, 0.1) is 23.9 Å². The van der Waals surface area contributed by atoms with Crippen molar-refractivity contribution in [2.24, 2.45) is 0 Å². The Morgan fingerprint density at radius 2 is 1.82 bits per heavy atom. The lowest BCUT2D eigenvalue weighted by Gasteiger charge is -2.29. The number of hydrogen-bond donors (Lipinski definition) is 1. The Bertz CT molecular complexity index is 1390. The Hall–Kier alpha value is -4.21. The molecule has 1 aliphatic rings. The van der Waals surface area contributed by atoms with Crippen molar-refractivity contribution in [3.8, 4) is 28.8 Å². The number of nitrogens with zero attached hydrogens (tertiary/aromatic N) is 3. The predicted octanol–water partition coefficient (Wildman–Crippen LogP) is 5.50. The minimum absolute atomic E-state index is 0.0464.